The molecule has 0 bridgehead atoms. The van der Waals surface area contributed by atoms with Crippen molar-refractivity contribution in [1.82, 2.24) is 10.5 Å². The molecule has 0 spiro atoms. The number of amides is 1. The highest BCUT2D eigenvalue weighted by Gasteiger charge is 2.22. The van der Waals surface area contributed by atoms with Gasteiger partial charge in [0.15, 0.2) is 11.5 Å². The van der Waals surface area contributed by atoms with Crippen molar-refractivity contribution in [1.29, 1.82) is 0 Å². The summed E-state index contributed by atoms with van der Waals surface area (Å²) in [7, 11) is 0. The summed E-state index contributed by atoms with van der Waals surface area (Å²) < 4.78 is 10.8. The van der Waals surface area contributed by atoms with E-state index in [2.05, 4.69) is 17.4 Å². The van der Waals surface area contributed by atoms with Gasteiger partial charge in [-0.25, -0.2) is 0 Å². The zero-order valence-corrected chi connectivity index (χ0v) is 12.9. The normalized spacial score (nSPS) is 14.5. The van der Waals surface area contributed by atoms with Crippen molar-refractivity contribution in [2.75, 3.05) is 0 Å². The predicted octanol–water partition coefficient (Wildman–Crippen LogP) is 3.15. The highest BCUT2D eigenvalue weighted by atomic mass is 16.5. The molecule has 1 heterocycles. The first-order valence-corrected chi connectivity index (χ1v) is 7.58. The van der Waals surface area contributed by atoms with Crippen molar-refractivity contribution in [2.45, 2.75) is 45.8 Å². The third-order valence-corrected chi connectivity index (χ3v) is 4.09. The average Bonchev–Trinajstić information content (AvgIpc) is 2.93. The van der Waals surface area contributed by atoms with Crippen LogP contribution in [0.4, 0.5) is 0 Å². The van der Waals surface area contributed by atoms with Gasteiger partial charge in [-0.05, 0) is 56.4 Å². The van der Waals surface area contributed by atoms with Gasteiger partial charge in [-0.15, -0.1) is 0 Å². The predicted molar refractivity (Wildman–Crippen MR) is 81.9 cm³/mol. The molecule has 1 aromatic heterocycles. The molecule has 1 N–H and O–H groups in total. The molecule has 3 rings (SSSR count). The minimum Gasteiger partial charge on any atom is -0.486 e. The molecule has 22 heavy (non-hydrogen) atoms. The van der Waals surface area contributed by atoms with Crippen LogP contribution in [0.15, 0.2) is 28.8 Å². The van der Waals surface area contributed by atoms with Crippen LogP contribution in [0.25, 0.3) is 0 Å². The number of carbonyl (C=O) groups excluding carboxylic acids is 1. The number of ether oxygens (including phenoxy) is 1. The second kappa shape index (κ2) is 6.22. The molecule has 1 fully saturated rings. The van der Waals surface area contributed by atoms with Crippen LogP contribution in [0.3, 0.4) is 0 Å². The molecule has 0 radical (unpaired) electrons. The van der Waals surface area contributed by atoms with E-state index in [1.165, 1.54) is 17.5 Å². The Balaban J connectivity index is 1.56. The Morgan fingerprint density at radius 2 is 2.14 bits per heavy atom. The molecule has 2 aromatic rings. The largest absolute Gasteiger partial charge is 0.486 e. The van der Waals surface area contributed by atoms with Gasteiger partial charge in [-0.1, -0.05) is 11.2 Å². The van der Waals surface area contributed by atoms with Crippen LogP contribution < -0.4 is 10.1 Å². The van der Waals surface area contributed by atoms with E-state index in [1.807, 2.05) is 25.1 Å². The van der Waals surface area contributed by atoms with Crippen LogP contribution in [0.1, 0.15) is 46.6 Å². The van der Waals surface area contributed by atoms with Crippen molar-refractivity contribution >= 4 is 5.91 Å². The van der Waals surface area contributed by atoms with Crippen molar-refractivity contribution in [3.63, 3.8) is 0 Å². The van der Waals surface area contributed by atoms with Crippen LogP contribution in [-0.2, 0) is 6.61 Å². The zero-order chi connectivity index (χ0) is 15.5. The fourth-order valence-corrected chi connectivity index (χ4v) is 2.26. The second-order valence-corrected chi connectivity index (χ2v) is 5.81. The zero-order valence-electron chi connectivity index (χ0n) is 12.9. The molecule has 1 aliphatic carbocycles. The molecule has 5 nitrogen and oxygen atoms in total. The lowest BCUT2D eigenvalue weighted by molar-refractivity contribution is 0.0907. The minimum absolute atomic E-state index is 0.175. The third kappa shape index (κ3) is 3.30. The highest BCUT2D eigenvalue weighted by molar-refractivity contribution is 5.92. The number of nitrogens with zero attached hydrogens (tertiary/aromatic N) is 1. The van der Waals surface area contributed by atoms with Gasteiger partial charge >= 0.3 is 0 Å². The van der Waals surface area contributed by atoms with E-state index in [1.54, 1.807) is 6.07 Å². The smallest absolute Gasteiger partial charge is 0.273 e. The topological polar surface area (TPSA) is 64.4 Å². The van der Waals surface area contributed by atoms with E-state index in [4.69, 9.17) is 9.26 Å². The lowest BCUT2D eigenvalue weighted by atomic mass is 9.93. The van der Waals surface area contributed by atoms with Gasteiger partial charge in [0.2, 0.25) is 0 Å². The summed E-state index contributed by atoms with van der Waals surface area (Å²) in [5.74, 6) is 1.14. The molecule has 116 valence electrons. The standard InChI is InChI=1S/C17H20N2O3/c1-11-6-7-14(8-12(11)2)21-10-15-9-16(19-22-15)17(20)18-13-4-3-5-13/h6-9,13H,3-5,10H2,1-2H3,(H,18,20). The Morgan fingerprint density at radius 1 is 1.32 bits per heavy atom. The summed E-state index contributed by atoms with van der Waals surface area (Å²) in [6, 6.07) is 7.84. The summed E-state index contributed by atoms with van der Waals surface area (Å²) in [6.07, 6.45) is 3.28. The first kappa shape index (κ1) is 14.6. The van der Waals surface area contributed by atoms with Gasteiger partial charge in [0.05, 0.1) is 0 Å². The number of hydrogen-bond donors (Lipinski definition) is 1. The molecule has 1 saturated carbocycles. The van der Waals surface area contributed by atoms with Gasteiger partial charge in [-0.2, -0.15) is 0 Å². The Hall–Kier alpha value is -2.30. The van der Waals surface area contributed by atoms with Crippen LogP contribution in [0.5, 0.6) is 5.75 Å². The maximum Gasteiger partial charge on any atom is 0.273 e. The van der Waals surface area contributed by atoms with Gasteiger partial charge in [0.25, 0.3) is 5.91 Å². The van der Waals surface area contributed by atoms with E-state index in [-0.39, 0.29) is 12.5 Å². The van der Waals surface area contributed by atoms with Crippen molar-refractivity contribution in [3.8, 4) is 5.75 Å². The Kier molecular flexibility index (Phi) is 4.13. The number of benzene rings is 1. The fourth-order valence-electron chi connectivity index (χ4n) is 2.26. The molecule has 1 aromatic carbocycles. The summed E-state index contributed by atoms with van der Waals surface area (Å²) in [4.78, 5) is 11.9. The third-order valence-electron chi connectivity index (χ3n) is 4.09. The summed E-state index contributed by atoms with van der Waals surface area (Å²) in [5, 5.41) is 6.74. The monoisotopic (exact) mass is 300 g/mol. The first-order chi connectivity index (χ1) is 10.6. The van der Waals surface area contributed by atoms with E-state index < -0.39 is 0 Å². The molecule has 5 heteroatoms. The summed E-state index contributed by atoms with van der Waals surface area (Å²) in [6.45, 7) is 4.36. The maximum atomic E-state index is 11.9. The minimum atomic E-state index is -0.175. The molecule has 0 saturated heterocycles. The van der Waals surface area contributed by atoms with E-state index in [9.17, 15) is 4.79 Å². The first-order valence-electron chi connectivity index (χ1n) is 7.58. The number of nitrogens with one attached hydrogen (secondary N) is 1. The second-order valence-electron chi connectivity index (χ2n) is 5.81. The Labute approximate surface area is 129 Å². The van der Waals surface area contributed by atoms with Crippen LogP contribution in [-0.4, -0.2) is 17.1 Å². The summed E-state index contributed by atoms with van der Waals surface area (Å²) >= 11 is 0. The number of aromatic nitrogens is 1. The van der Waals surface area contributed by atoms with Crippen LogP contribution >= 0.6 is 0 Å². The fraction of sp³-hybridized carbons (Fsp3) is 0.412. The lowest BCUT2D eigenvalue weighted by Gasteiger charge is -2.25. The average molecular weight is 300 g/mol. The number of aryl methyl sites for hydroxylation is 2. The molecule has 0 aliphatic heterocycles. The quantitative estimate of drug-likeness (QED) is 0.921. The van der Waals surface area contributed by atoms with Crippen LogP contribution in [0, 0.1) is 13.8 Å². The van der Waals surface area contributed by atoms with Crippen LogP contribution in [0.2, 0.25) is 0 Å². The Morgan fingerprint density at radius 3 is 2.82 bits per heavy atom. The lowest BCUT2D eigenvalue weighted by Crippen LogP contribution is -2.39. The van der Waals surface area contributed by atoms with Gasteiger partial charge in [-0.3, -0.25) is 4.79 Å². The maximum absolute atomic E-state index is 11.9. The molecular weight excluding hydrogens is 280 g/mol. The van der Waals surface area contributed by atoms with Gasteiger partial charge in [0, 0.05) is 12.1 Å². The molecule has 1 amide bonds. The van der Waals surface area contributed by atoms with Crippen molar-refractivity contribution in [2.24, 2.45) is 0 Å². The van der Waals surface area contributed by atoms with E-state index >= 15 is 0 Å². The molecular formula is C17H20N2O3. The van der Waals surface area contributed by atoms with Crippen molar-refractivity contribution < 1.29 is 14.1 Å². The highest BCUT2D eigenvalue weighted by Crippen LogP contribution is 2.19. The Bertz CT molecular complexity index is 674. The number of rotatable bonds is 5. The molecule has 0 atom stereocenters. The van der Waals surface area contributed by atoms with E-state index in [0.717, 1.165) is 18.6 Å². The molecule has 1 aliphatic rings. The van der Waals surface area contributed by atoms with Gasteiger partial charge < -0.3 is 14.6 Å². The summed E-state index contributed by atoms with van der Waals surface area (Å²) in [5.41, 5.74) is 2.71. The number of carbonyl (C=O) groups is 1. The van der Waals surface area contributed by atoms with Gasteiger partial charge in [0.1, 0.15) is 12.4 Å². The SMILES string of the molecule is Cc1ccc(OCc2cc(C(=O)NC3CCC3)no2)cc1C. The van der Waals surface area contributed by atoms with E-state index in [0.29, 0.717) is 17.5 Å². The van der Waals surface area contributed by atoms with Crippen molar-refractivity contribution in [3.05, 3.63) is 46.8 Å². The molecule has 0 unspecified atom stereocenters. The number of hydrogen-bond acceptors (Lipinski definition) is 4.